The van der Waals surface area contributed by atoms with E-state index in [-0.39, 0.29) is 5.91 Å². The Labute approximate surface area is 131 Å². The first-order valence-corrected chi connectivity index (χ1v) is 7.35. The van der Waals surface area contributed by atoms with Gasteiger partial charge in [-0.1, -0.05) is 28.1 Å². The lowest BCUT2D eigenvalue weighted by Gasteiger charge is -2.09. The number of aryl methyl sites for hydroxylation is 1. The average molecular weight is 341 g/mol. The minimum atomic E-state index is -0.116. The molecule has 0 bridgehead atoms. The van der Waals surface area contributed by atoms with Crippen LogP contribution < -0.4 is 5.32 Å². The first-order valence-electron chi connectivity index (χ1n) is 6.55. The molecule has 0 aliphatic heterocycles. The van der Waals surface area contributed by atoms with Crippen molar-refractivity contribution < 1.29 is 4.79 Å². The molecule has 2 aromatic carbocycles. The summed E-state index contributed by atoms with van der Waals surface area (Å²) in [4.78, 5) is 16.5. The fourth-order valence-electron chi connectivity index (χ4n) is 2.21. The van der Waals surface area contributed by atoms with Crippen LogP contribution in [0.5, 0.6) is 0 Å². The maximum Gasteiger partial charge on any atom is 0.255 e. The van der Waals surface area contributed by atoms with E-state index in [0.29, 0.717) is 5.56 Å². The van der Waals surface area contributed by atoms with Gasteiger partial charge in [-0.05, 0) is 42.8 Å². The summed E-state index contributed by atoms with van der Waals surface area (Å²) in [6.07, 6.45) is 3.51. The normalized spacial score (nSPS) is 10.6. The van der Waals surface area contributed by atoms with Crippen LogP contribution in [0.15, 0.2) is 59.3 Å². The number of benzene rings is 2. The van der Waals surface area contributed by atoms with E-state index in [2.05, 4.69) is 26.2 Å². The Morgan fingerprint density at radius 2 is 2.05 bits per heavy atom. The van der Waals surface area contributed by atoms with Gasteiger partial charge in [0, 0.05) is 38.9 Å². The van der Waals surface area contributed by atoms with Crippen molar-refractivity contribution in [3.05, 3.63) is 70.5 Å². The second kappa shape index (κ2) is 5.66. The van der Waals surface area contributed by atoms with Crippen LogP contribution in [-0.2, 0) is 0 Å². The van der Waals surface area contributed by atoms with Gasteiger partial charge in [-0.15, -0.1) is 0 Å². The van der Waals surface area contributed by atoms with Crippen molar-refractivity contribution in [1.29, 1.82) is 0 Å². The summed E-state index contributed by atoms with van der Waals surface area (Å²) >= 11 is 3.44. The molecule has 104 valence electrons. The summed E-state index contributed by atoms with van der Waals surface area (Å²) in [7, 11) is 0. The minimum Gasteiger partial charge on any atom is -0.321 e. The van der Waals surface area contributed by atoms with E-state index in [1.165, 1.54) is 0 Å². The van der Waals surface area contributed by atoms with E-state index in [1.54, 1.807) is 18.5 Å². The molecule has 0 atom stereocenters. The number of nitrogens with one attached hydrogen (secondary N) is 1. The summed E-state index contributed by atoms with van der Waals surface area (Å²) in [5, 5.41) is 4.95. The van der Waals surface area contributed by atoms with Crippen molar-refractivity contribution in [2.24, 2.45) is 0 Å². The van der Waals surface area contributed by atoms with Gasteiger partial charge in [0.2, 0.25) is 0 Å². The van der Waals surface area contributed by atoms with Crippen LogP contribution in [0, 0.1) is 6.92 Å². The van der Waals surface area contributed by atoms with Gasteiger partial charge in [-0.25, -0.2) is 0 Å². The molecule has 1 amide bonds. The third-order valence-electron chi connectivity index (χ3n) is 3.35. The maximum absolute atomic E-state index is 12.4. The Bertz CT molecular complexity index is 825. The number of pyridine rings is 1. The molecule has 0 saturated heterocycles. The fraction of sp³-hybridized carbons (Fsp3) is 0.0588. The highest BCUT2D eigenvalue weighted by atomic mass is 79.9. The number of nitrogens with zero attached hydrogens (tertiary/aromatic N) is 1. The fourth-order valence-corrected chi connectivity index (χ4v) is 2.46. The number of carbonyl (C=O) groups excluding carboxylic acids is 1. The second-order valence-electron chi connectivity index (χ2n) is 4.82. The topological polar surface area (TPSA) is 42.0 Å². The van der Waals surface area contributed by atoms with Gasteiger partial charge in [0.15, 0.2) is 0 Å². The number of anilines is 1. The van der Waals surface area contributed by atoms with E-state index >= 15 is 0 Å². The van der Waals surface area contributed by atoms with E-state index in [0.717, 1.165) is 26.5 Å². The summed E-state index contributed by atoms with van der Waals surface area (Å²) in [5.41, 5.74) is 2.46. The number of aromatic nitrogens is 1. The van der Waals surface area contributed by atoms with Gasteiger partial charge in [-0.3, -0.25) is 9.78 Å². The number of hydrogen-bond donors (Lipinski definition) is 1. The Morgan fingerprint density at radius 1 is 1.19 bits per heavy atom. The van der Waals surface area contributed by atoms with Crippen molar-refractivity contribution in [2.75, 3.05) is 5.32 Å². The highest BCUT2D eigenvalue weighted by Crippen LogP contribution is 2.23. The molecular formula is C17H13BrN2O. The maximum atomic E-state index is 12.4. The van der Waals surface area contributed by atoms with Crippen molar-refractivity contribution in [3.8, 4) is 0 Å². The minimum absolute atomic E-state index is 0.116. The molecule has 1 heterocycles. The van der Waals surface area contributed by atoms with Crippen LogP contribution in [0.3, 0.4) is 0 Å². The zero-order chi connectivity index (χ0) is 14.8. The Morgan fingerprint density at radius 3 is 2.86 bits per heavy atom. The SMILES string of the molecule is Cc1cc(C(=O)Nc2cccc3cnccc23)ccc1Br. The summed E-state index contributed by atoms with van der Waals surface area (Å²) in [5.74, 6) is -0.116. The van der Waals surface area contributed by atoms with Gasteiger partial charge in [0.1, 0.15) is 0 Å². The third kappa shape index (κ3) is 2.81. The van der Waals surface area contributed by atoms with Crippen LogP contribution in [0.1, 0.15) is 15.9 Å². The molecule has 0 spiro atoms. The predicted octanol–water partition coefficient (Wildman–Crippen LogP) is 4.56. The number of hydrogen-bond acceptors (Lipinski definition) is 2. The number of amides is 1. The van der Waals surface area contributed by atoms with E-state index in [9.17, 15) is 4.79 Å². The summed E-state index contributed by atoms with van der Waals surface area (Å²) in [6, 6.07) is 13.2. The third-order valence-corrected chi connectivity index (χ3v) is 4.24. The van der Waals surface area contributed by atoms with Crippen molar-refractivity contribution in [3.63, 3.8) is 0 Å². The lowest BCUT2D eigenvalue weighted by molar-refractivity contribution is 0.102. The molecule has 1 N–H and O–H groups in total. The molecule has 0 saturated carbocycles. The van der Waals surface area contributed by atoms with Crippen molar-refractivity contribution >= 4 is 38.3 Å². The van der Waals surface area contributed by atoms with Crippen LogP contribution in [0.2, 0.25) is 0 Å². The first kappa shape index (κ1) is 13.8. The van der Waals surface area contributed by atoms with Crippen LogP contribution in [0.25, 0.3) is 10.8 Å². The zero-order valence-corrected chi connectivity index (χ0v) is 13.0. The lowest BCUT2D eigenvalue weighted by atomic mass is 10.1. The van der Waals surface area contributed by atoms with Crippen LogP contribution in [-0.4, -0.2) is 10.9 Å². The first-order chi connectivity index (χ1) is 10.1. The lowest BCUT2D eigenvalue weighted by Crippen LogP contribution is -2.12. The predicted molar refractivity (Wildman–Crippen MR) is 88.6 cm³/mol. The van der Waals surface area contributed by atoms with Crippen LogP contribution >= 0.6 is 15.9 Å². The van der Waals surface area contributed by atoms with Gasteiger partial charge in [0.05, 0.1) is 0 Å². The smallest absolute Gasteiger partial charge is 0.255 e. The van der Waals surface area contributed by atoms with E-state index in [4.69, 9.17) is 0 Å². The molecule has 3 nitrogen and oxygen atoms in total. The molecule has 0 aliphatic carbocycles. The number of fused-ring (bicyclic) bond motifs is 1. The second-order valence-corrected chi connectivity index (χ2v) is 5.67. The van der Waals surface area contributed by atoms with Gasteiger partial charge >= 0.3 is 0 Å². The molecule has 0 radical (unpaired) electrons. The molecule has 0 unspecified atom stereocenters. The quantitative estimate of drug-likeness (QED) is 0.743. The largest absolute Gasteiger partial charge is 0.321 e. The molecule has 3 aromatic rings. The number of carbonyl (C=O) groups is 1. The Balaban J connectivity index is 1.94. The molecule has 3 rings (SSSR count). The monoisotopic (exact) mass is 340 g/mol. The summed E-state index contributed by atoms with van der Waals surface area (Å²) < 4.78 is 0.996. The standard InChI is InChI=1S/C17H13BrN2O/c1-11-9-12(5-6-15(11)18)17(21)20-16-4-2-3-13-10-19-8-7-14(13)16/h2-10H,1H3,(H,20,21). The van der Waals surface area contributed by atoms with Crippen LogP contribution in [0.4, 0.5) is 5.69 Å². The van der Waals surface area contributed by atoms with Gasteiger partial charge < -0.3 is 5.32 Å². The Hall–Kier alpha value is -2.20. The van der Waals surface area contributed by atoms with E-state index < -0.39 is 0 Å². The molecular weight excluding hydrogens is 328 g/mol. The van der Waals surface area contributed by atoms with Gasteiger partial charge in [0.25, 0.3) is 5.91 Å². The number of rotatable bonds is 2. The molecule has 21 heavy (non-hydrogen) atoms. The average Bonchev–Trinajstić information content (AvgIpc) is 2.50. The zero-order valence-electron chi connectivity index (χ0n) is 11.4. The van der Waals surface area contributed by atoms with Crippen molar-refractivity contribution in [1.82, 2.24) is 4.98 Å². The van der Waals surface area contributed by atoms with E-state index in [1.807, 2.05) is 43.3 Å². The molecule has 1 aromatic heterocycles. The Kier molecular flexibility index (Phi) is 3.71. The molecule has 4 heteroatoms. The highest BCUT2D eigenvalue weighted by Gasteiger charge is 2.09. The highest BCUT2D eigenvalue weighted by molar-refractivity contribution is 9.10. The molecule has 0 aliphatic rings. The van der Waals surface area contributed by atoms with Crippen molar-refractivity contribution in [2.45, 2.75) is 6.92 Å². The molecule has 0 fully saturated rings. The number of halogens is 1. The summed E-state index contributed by atoms with van der Waals surface area (Å²) in [6.45, 7) is 1.96. The van der Waals surface area contributed by atoms with Gasteiger partial charge in [-0.2, -0.15) is 0 Å².